The Morgan fingerprint density at radius 1 is 0.138 bits per heavy atom. The lowest BCUT2D eigenvalue weighted by Crippen LogP contribution is -2.52. The lowest BCUT2D eigenvalue weighted by atomic mass is 9.56. The van der Waals surface area contributed by atoms with Crippen molar-refractivity contribution in [3.05, 3.63) is 0 Å². The first-order valence-corrected chi connectivity index (χ1v) is 19.1. The van der Waals surface area contributed by atoms with Crippen LogP contribution in [0.4, 0.5) is 0 Å². The van der Waals surface area contributed by atoms with E-state index >= 15 is 0 Å². The summed E-state index contributed by atoms with van der Waals surface area (Å²) >= 11 is 0. The average molecular weight is 756 g/mol. The number of fused-ring (bicyclic) bond motifs is 7. The maximum atomic E-state index is 7.10. The van der Waals surface area contributed by atoms with Gasteiger partial charge in [-0.15, -0.1) is 49.2 Å². The van der Waals surface area contributed by atoms with Crippen molar-refractivity contribution in [3.8, 4) is 22.3 Å². The van der Waals surface area contributed by atoms with Gasteiger partial charge in [-0.3, -0.25) is 0 Å². The third-order valence-corrected chi connectivity index (χ3v) is 12.8. The van der Waals surface area contributed by atoms with Crippen molar-refractivity contribution in [2.75, 3.05) is 0 Å². The van der Waals surface area contributed by atoms with Crippen molar-refractivity contribution in [1.29, 1.82) is 0 Å². The molecule has 0 aliphatic rings. The summed E-state index contributed by atoms with van der Waals surface area (Å²) in [5, 5.41) is 0.847. The molecule has 0 spiro atoms. The zero-order chi connectivity index (χ0) is 47.8. The normalized spacial score (nSPS) is 11.9. The lowest BCUT2D eigenvalue weighted by Gasteiger charge is -2.32. The third-order valence-electron chi connectivity index (χ3n) is 12.8. The van der Waals surface area contributed by atoms with Gasteiger partial charge in [-0.2, -0.15) is 0 Å². The number of hydrogen-bond donors (Lipinski definition) is 0. The molecular weight excluding hydrogens is 756 g/mol. The molecule has 8 aromatic carbocycles. The summed E-state index contributed by atoms with van der Waals surface area (Å²) in [5.41, 5.74) is -2.61. The van der Waals surface area contributed by atoms with Crippen LogP contribution in [0.1, 0.15) is 0 Å². The highest BCUT2D eigenvalue weighted by atomic mass is 16.3. The molecule has 0 N–H and O–H groups in total. The third kappa shape index (κ3) is 5.75. The Morgan fingerprint density at radius 2 is 0.369 bits per heavy atom. The smallest absolute Gasteiger partial charge is 0.141 e. The second-order valence-electron chi connectivity index (χ2n) is 15.9. The molecule has 25 heteroatoms. The standard InChI is InChI=1S/C40B24O/c41-15-7(21(47)22(48)10-8(15)23(49)35(61)37(63)25(10)51)1-3-5(19(45)33(59)31(57)17(3)43)2(6-4(1)18(44)32(58)34(60)20(6)46)12-27(53)30(56)28(54)14-13-16(42)9-11(29(55)40(13)65-39(12)14)26(52)38(64)36(62)24(9)50. The fourth-order valence-electron chi connectivity index (χ4n) is 9.37. The Kier molecular flexibility index (Phi) is 10.9. The first kappa shape index (κ1) is 46.3. The van der Waals surface area contributed by atoms with Crippen molar-refractivity contribution >= 4 is 384 Å². The summed E-state index contributed by atoms with van der Waals surface area (Å²) in [6.45, 7) is 0. The van der Waals surface area contributed by atoms with Crippen LogP contribution in [0.3, 0.4) is 0 Å². The Labute approximate surface area is 408 Å². The molecule has 65 heavy (non-hydrogen) atoms. The first-order chi connectivity index (χ1) is 30.3. The quantitative estimate of drug-likeness (QED) is 0.126. The molecule has 0 aliphatic heterocycles. The molecule has 0 atom stereocenters. The predicted octanol–water partition coefficient (Wildman–Crippen LogP) is -17.4. The zero-order valence-corrected chi connectivity index (χ0v) is 34.3. The van der Waals surface area contributed by atoms with Gasteiger partial charge in [0.25, 0.3) is 0 Å². The number of rotatable bonds is 2. The van der Waals surface area contributed by atoms with Gasteiger partial charge in [0.1, 0.15) is 199 Å². The van der Waals surface area contributed by atoms with Crippen LogP contribution in [-0.2, 0) is 0 Å². The van der Waals surface area contributed by atoms with Crippen molar-refractivity contribution in [1.82, 2.24) is 0 Å². The van der Waals surface area contributed by atoms with Crippen LogP contribution in [0.2, 0.25) is 0 Å². The van der Waals surface area contributed by atoms with Gasteiger partial charge in [0, 0.05) is 16.3 Å². The molecule has 0 amide bonds. The van der Waals surface area contributed by atoms with Crippen molar-refractivity contribution in [2.24, 2.45) is 0 Å². The van der Waals surface area contributed by atoms with Gasteiger partial charge in [0.15, 0.2) is 0 Å². The van der Waals surface area contributed by atoms with E-state index in [-0.39, 0.29) is 218 Å². The number of hydrogen-bond acceptors (Lipinski definition) is 1. The molecule has 48 radical (unpaired) electrons. The van der Waals surface area contributed by atoms with E-state index in [1.54, 1.807) is 0 Å². The predicted molar refractivity (Wildman–Crippen MR) is 304 cm³/mol. The molecule has 238 valence electrons. The van der Waals surface area contributed by atoms with Crippen LogP contribution in [0.15, 0.2) is 4.42 Å². The van der Waals surface area contributed by atoms with E-state index in [4.69, 9.17) is 193 Å². The van der Waals surface area contributed by atoms with Gasteiger partial charge in [-0.1, -0.05) is 76.5 Å². The van der Waals surface area contributed by atoms with Crippen molar-refractivity contribution in [3.63, 3.8) is 0 Å². The summed E-state index contributed by atoms with van der Waals surface area (Å²) in [6.07, 6.45) is 0. The Bertz CT molecular complexity index is 3740. The zero-order valence-electron chi connectivity index (χ0n) is 34.3. The van der Waals surface area contributed by atoms with Gasteiger partial charge < -0.3 is 4.42 Å². The maximum absolute atomic E-state index is 7.10. The molecule has 0 fully saturated rings. The molecule has 1 nitrogen and oxygen atoms in total. The van der Waals surface area contributed by atoms with Crippen molar-refractivity contribution < 1.29 is 4.42 Å². The topological polar surface area (TPSA) is 13.1 Å². The van der Waals surface area contributed by atoms with E-state index in [0.29, 0.717) is 0 Å². The van der Waals surface area contributed by atoms with Crippen molar-refractivity contribution in [2.45, 2.75) is 0 Å². The Balaban J connectivity index is 1.65. The SMILES string of the molecule is [B]c1c([B])c([B])c2c(oc3c([B])c4c([B])c([B])c([B])c([B])c4c([B])c32)c1-c1c2c([B])c([B])c([B])c([B])c2c(-c2c([B])c([B])c3c([B])c([B])c([B])c([B])c3c2[B])c2c([B])c([B])c([B])c([B])c12. The Hall–Kier alpha value is -3.84. The molecule has 0 saturated carbocycles. The molecule has 9 rings (SSSR count). The van der Waals surface area contributed by atoms with Crippen LogP contribution in [-0.4, -0.2) is 188 Å². The maximum Gasteiger partial charge on any atom is 0.141 e. The minimum atomic E-state index is -0.175. The lowest BCUT2D eigenvalue weighted by molar-refractivity contribution is 0.673. The highest BCUT2D eigenvalue weighted by Gasteiger charge is 2.31. The van der Waals surface area contributed by atoms with Crippen LogP contribution >= 0.6 is 0 Å². The number of benzene rings is 8. The van der Waals surface area contributed by atoms with E-state index in [0.717, 1.165) is 0 Å². The first-order valence-electron chi connectivity index (χ1n) is 19.1. The fraction of sp³-hybridized carbons (Fsp3) is 0. The van der Waals surface area contributed by atoms with Crippen LogP contribution < -0.4 is 131 Å². The minimum absolute atomic E-state index is 0.00515. The second kappa shape index (κ2) is 15.3. The summed E-state index contributed by atoms with van der Waals surface area (Å²) in [7, 11) is 161. The number of furan rings is 1. The van der Waals surface area contributed by atoms with E-state index < -0.39 is 0 Å². The molecule has 0 unspecified atom stereocenters. The summed E-state index contributed by atoms with van der Waals surface area (Å²) in [5.74, 6) is 0. The van der Waals surface area contributed by atoms with Gasteiger partial charge in [0.05, 0.1) is 0 Å². The monoisotopic (exact) mass is 760 g/mol. The highest BCUT2D eigenvalue weighted by molar-refractivity contribution is 6.77. The van der Waals surface area contributed by atoms with E-state index in [9.17, 15) is 0 Å². The fourth-order valence-corrected chi connectivity index (χ4v) is 9.37. The highest BCUT2D eigenvalue weighted by Crippen LogP contribution is 2.42. The molecule has 0 saturated heterocycles. The van der Waals surface area contributed by atoms with Gasteiger partial charge in [-0.05, 0) is 65.2 Å². The molecule has 0 bridgehead atoms. The molecular formula is C40B24O. The van der Waals surface area contributed by atoms with Crippen LogP contribution in [0, 0.1) is 0 Å². The minimum Gasteiger partial charge on any atom is -0.456 e. The largest absolute Gasteiger partial charge is 0.456 e. The summed E-state index contributed by atoms with van der Waals surface area (Å²) < 4.78 is 6.70. The van der Waals surface area contributed by atoms with Gasteiger partial charge in [-0.25, -0.2) is 0 Å². The van der Waals surface area contributed by atoms with E-state index in [1.807, 2.05) is 0 Å². The second-order valence-corrected chi connectivity index (χ2v) is 15.9. The summed E-state index contributed by atoms with van der Waals surface area (Å²) in [6, 6.07) is 0. The van der Waals surface area contributed by atoms with Crippen LogP contribution in [0.25, 0.3) is 87.3 Å². The van der Waals surface area contributed by atoms with Gasteiger partial charge >= 0.3 is 0 Å². The molecule has 1 heterocycles. The summed E-state index contributed by atoms with van der Waals surface area (Å²) in [4.78, 5) is 0. The molecule has 0 aliphatic carbocycles. The van der Waals surface area contributed by atoms with Gasteiger partial charge in [0.2, 0.25) is 0 Å². The van der Waals surface area contributed by atoms with E-state index in [2.05, 4.69) is 0 Å². The molecule has 9 aromatic rings. The molecule has 1 aromatic heterocycles. The van der Waals surface area contributed by atoms with E-state index in [1.165, 1.54) is 0 Å². The van der Waals surface area contributed by atoms with Crippen LogP contribution in [0.5, 0.6) is 0 Å². The average Bonchev–Trinajstić information content (AvgIpc) is 3.68. The Morgan fingerprint density at radius 3 is 0.754 bits per heavy atom.